The summed E-state index contributed by atoms with van der Waals surface area (Å²) in [6.45, 7) is 8.31. The second-order valence-electron chi connectivity index (χ2n) is 5.61. The molecule has 2 rings (SSSR count). The Morgan fingerprint density at radius 3 is 2.79 bits per heavy atom. The minimum absolute atomic E-state index is 0.0100. The van der Waals surface area contributed by atoms with E-state index in [-0.39, 0.29) is 11.5 Å². The number of fused-ring (bicyclic) bond motifs is 1. The average molecular weight is 372 g/mol. The highest BCUT2D eigenvalue weighted by Crippen LogP contribution is 2.34. The standard InChI is InChI=1S/C16H25N3O3S2/c1-5-18(6-2)13(20)10-23-16-17-12-9-11(3)24-14(12)15(21)19(16)7-8-22-4/h11H,5-10H2,1-4H3. The maximum Gasteiger partial charge on any atom is 0.268 e. The molecular weight excluding hydrogens is 346 g/mol. The van der Waals surface area contributed by atoms with Crippen LogP contribution in [0.1, 0.15) is 26.5 Å². The normalized spacial score (nSPS) is 16.2. The summed E-state index contributed by atoms with van der Waals surface area (Å²) in [6.07, 6.45) is 0.803. The molecule has 0 aromatic carbocycles. The van der Waals surface area contributed by atoms with E-state index in [1.165, 1.54) is 11.8 Å². The third-order valence-electron chi connectivity index (χ3n) is 3.92. The van der Waals surface area contributed by atoms with Crippen LogP contribution in [-0.2, 0) is 22.5 Å². The molecule has 0 fully saturated rings. The highest BCUT2D eigenvalue weighted by atomic mass is 32.2. The first-order valence-electron chi connectivity index (χ1n) is 8.21. The largest absolute Gasteiger partial charge is 0.383 e. The third-order valence-corrected chi connectivity index (χ3v) is 6.10. The first-order chi connectivity index (χ1) is 11.5. The minimum atomic E-state index is -0.0100. The lowest BCUT2D eigenvalue weighted by Crippen LogP contribution is -2.32. The number of hydrogen-bond acceptors (Lipinski definition) is 6. The van der Waals surface area contributed by atoms with Crippen LogP contribution in [0, 0.1) is 0 Å². The first-order valence-corrected chi connectivity index (χ1v) is 10.1. The molecule has 0 aliphatic carbocycles. The number of aromatic nitrogens is 2. The van der Waals surface area contributed by atoms with Crippen LogP contribution in [0.15, 0.2) is 14.8 Å². The maximum atomic E-state index is 12.8. The monoisotopic (exact) mass is 371 g/mol. The van der Waals surface area contributed by atoms with Gasteiger partial charge in [0.2, 0.25) is 5.91 Å². The van der Waals surface area contributed by atoms with Crippen molar-refractivity contribution in [3.8, 4) is 0 Å². The lowest BCUT2D eigenvalue weighted by atomic mass is 10.2. The van der Waals surface area contributed by atoms with Gasteiger partial charge in [-0.25, -0.2) is 4.98 Å². The number of carbonyl (C=O) groups excluding carboxylic acids is 1. The van der Waals surface area contributed by atoms with Crippen molar-refractivity contribution in [3.05, 3.63) is 16.0 Å². The summed E-state index contributed by atoms with van der Waals surface area (Å²) in [6, 6.07) is 0. The van der Waals surface area contributed by atoms with Crippen molar-refractivity contribution < 1.29 is 9.53 Å². The number of ether oxygens (including phenoxy) is 1. The molecule has 24 heavy (non-hydrogen) atoms. The summed E-state index contributed by atoms with van der Waals surface area (Å²) >= 11 is 2.93. The highest BCUT2D eigenvalue weighted by Gasteiger charge is 2.26. The Morgan fingerprint density at radius 1 is 1.46 bits per heavy atom. The van der Waals surface area contributed by atoms with E-state index in [1.54, 1.807) is 28.3 Å². The smallest absolute Gasteiger partial charge is 0.268 e. The Balaban J connectivity index is 2.24. The van der Waals surface area contributed by atoms with E-state index in [0.29, 0.717) is 42.4 Å². The molecule has 0 N–H and O–H groups in total. The average Bonchev–Trinajstić information content (AvgIpc) is 2.94. The molecule has 0 saturated carbocycles. The van der Waals surface area contributed by atoms with Crippen LogP contribution in [0.5, 0.6) is 0 Å². The molecule has 6 nitrogen and oxygen atoms in total. The fourth-order valence-electron chi connectivity index (χ4n) is 2.62. The molecule has 1 aromatic rings. The minimum Gasteiger partial charge on any atom is -0.383 e. The summed E-state index contributed by atoms with van der Waals surface area (Å²) in [4.78, 5) is 32.2. The van der Waals surface area contributed by atoms with E-state index in [9.17, 15) is 9.59 Å². The predicted octanol–water partition coefficient (Wildman–Crippen LogP) is 1.89. The molecule has 1 aromatic heterocycles. The SMILES string of the molecule is CCN(CC)C(=O)CSc1nc2c(c(=O)n1CCOC)SC(C)C2. The fraction of sp³-hybridized carbons (Fsp3) is 0.688. The van der Waals surface area contributed by atoms with Gasteiger partial charge in [-0.05, 0) is 13.8 Å². The van der Waals surface area contributed by atoms with E-state index in [0.717, 1.165) is 17.0 Å². The Labute approximate surface area is 151 Å². The molecule has 0 radical (unpaired) electrons. The van der Waals surface area contributed by atoms with Crippen molar-refractivity contribution in [1.29, 1.82) is 0 Å². The van der Waals surface area contributed by atoms with Crippen molar-refractivity contribution in [2.45, 2.75) is 49.0 Å². The van der Waals surface area contributed by atoms with Crippen LogP contribution in [0.4, 0.5) is 0 Å². The van der Waals surface area contributed by atoms with E-state index >= 15 is 0 Å². The van der Waals surface area contributed by atoms with Gasteiger partial charge in [0.05, 0.1) is 29.5 Å². The molecule has 0 bridgehead atoms. The van der Waals surface area contributed by atoms with Gasteiger partial charge < -0.3 is 9.64 Å². The topological polar surface area (TPSA) is 64.4 Å². The molecule has 8 heteroatoms. The predicted molar refractivity (Wildman–Crippen MR) is 98.0 cm³/mol. The van der Waals surface area contributed by atoms with Crippen LogP contribution in [0.25, 0.3) is 0 Å². The molecule has 1 amide bonds. The van der Waals surface area contributed by atoms with Crippen LogP contribution < -0.4 is 5.56 Å². The zero-order chi connectivity index (χ0) is 17.7. The van der Waals surface area contributed by atoms with Gasteiger partial charge in [-0.15, -0.1) is 11.8 Å². The highest BCUT2D eigenvalue weighted by molar-refractivity contribution is 8.00. The van der Waals surface area contributed by atoms with Crippen LogP contribution >= 0.6 is 23.5 Å². The van der Waals surface area contributed by atoms with Gasteiger partial charge in [0, 0.05) is 31.9 Å². The molecule has 1 aliphatic rings. The summed E-state index contributed by atoms with van der Waals surface area (Å²) in [5, 5.41) is 0.986. The Kier molecular flexibility index (Phi) is 7.18. The van der Waals surface area contributed by atoms with Gasteiger partial charge in [-0.2, -0.15) is 0 Å². The van der Waals surface area contributed by atoms with E-state index in [4.69, 9.17) is 4.74 Å². The van der Waals surface area contributed by atoms with Crippen molar-refractivity contribution in [2.24, 2.45) is 0 Å². The molecule has 0 spiro atoms. The van der Waals surface area contributed by atoms with Crippen LogP contribution in [0.3, 0.4) is 0 Å². The van der Waals surface area contributed by atoms with E-state index in [1.807, 2.05) is 13.8 Å². The van der Waals surface area contributed by atoms with Crippen LogP contribution in [-0.4, -0.2) is 58.2 Å². The summed E-state index contributed by atoms with van der Waals surface area (Å²) < 4.78 is 6.76. The van der Waals surface area contributed by atoms with Gasteiger partial charge >= 0.3 is 0 Å². The lowest BCUT2D eigenvalue weighted by Gasteiger charge is -2.19. The zero-order valence-corrected chi connectivity index (χ0v) is 16.3. The molecule has 1 aliphatic heterocycles. The maximum absolute atomic E-state index is 12.8. The van der Waals surface area contributed by atoms with Crippen molar-refractivity contribution in [1.82, 2.24) is 14.5 Å². The molecule has 0 saturated heterocycles. The number of hydrogen-bond donors (Lipinski definition) is 0. The molecule has 1 unspecified atom stereocenters. The second-order valence-corrected chi connectivity index (χ2v) is 8.00. The zero-order valence-electron chi connectivity index (χ0n) is 14.7. The molecular formula is C16H25N3O3S2. The Hall–Kier alpha value is -0.990. The van der Waals surface area contributed by atoms with Crippen molar-refractivity contribution in [3.63, 3.8) is 0 Å². The first kappa shape index (κ1) is 19.3. The number of rotatable bonds is 8. The van der Waals surface area contributed by atoms with E-state index < -0.39 is 0 Å². The van der Waals surface area contributed by atoms with E-state index in [2.05, 4.69) is 11.9 Å². The quantitative estimate of drug-likeness (QED) is 0.514. The second kappa shape index (κ2) is 8.92. The van der Waals surface area contributed by atoms with Gasteiger partial charge in [-0.1, -0.05) is 18.7 Å². The third kappa shape index (κ3) is 4.34. The van der Waals surface area contributed by atoms with Gasteiger partial charge in [0.1, 0.15) is 0 Å². The Morgan fingerprint density at radius 2 is 2.17 bits per heavy atom. The van der Waals surface area contributed by atoms with Gasteiger partial charge in [0.15, 0.2) is 5.16 Å². The summed E-state index contributed by atoms with van der Waals surface area (Å²) in [5.41, 5.74) is 0.855. The van der Waals surface area contributed by atoms with Gasteiger partial charge in [0.25, 0.3) is 5.56 Å². The number of carbonyl (C=O) groups is 1. The van der Waals surface area contributed by atoms with Gasteiger partial charge in [-0.3, -0.25) is 14.2 Å². The lowest BCUT2D eigenvalue weighted by molar-refractivity contribution is -0.127. The van der Waals surface area contributed by atoms with Crippen molar-refractivity contribution in [2.75, 3.05) is 32.6 Å². The Bertz CT molecular complexity index is 644. The van der Waals surface area contributed by atoms with Crippen LogP contribution in [0.2, 0.25) is 0 Å². The number of methoxy groups -OCH3 is 1. The fourth-order valence-corrected chi connectivity index (χ4v) is 4.67. The number of thioether (sulfide) groups is 2. The van der Waals surface area contributed by atoms with Crippen molar-refractivity contribution >= 4 is 29.4 Å². The number of amides is 1. The number of nitrogens with zero attached hydrogens (tertiary/aromatic N) is 3. The summed E-state index contributed by atoms with van der Waals surface area (Å²) in [7, 11) is 1.61. The molecule has 1 atom stereocenters. The summed E-state index contributed by atoms with van der Waals surface area (Å²) in [5.74, 6) is 0.364. The molecule has 2 heterocycles. The molecule has 134 valence electrons.